The first-order chi connectivity index (χ1) is 11.0. The number of rotatable bonds is 4. The van der Waals surface area contributed by atoms with Crippen LogP contribution in [0.3, 0.4) is 0 Å². The molecule has 1 aromatic heterocycles. The monoisotopic (exact) mass is 331 g/mol. The van der Waals surface area contributed by atoms with Gasteiger partial charge in [0, 0.05) is 13.1 Å². The van der Waals surface area contributed by atoms with E-state index in [-0.39, 0.29) is 4.90 Å². The van der Waals surface area contributed by atoms with Gasteiger partial charge in [0.05, 0.1) is 16.8 Å². The van der Waals surface area contributed by atoms with E-state index in [1.54, 1.807) is 36.5 Å². The van der Waals surface area contributed by atoms with E-state index < -0.39 is 10.0 Å². The van der Waals surface area contributed by atoms with E-state index in [9.17, 15) is 8.42 Å². The molecule has 0 aliphatic carbocycles. The molecule has 1 N–H and O–H groups in total. The summed E-state index contributed by atoms with van der Waals surface area (Å²) in [5.74, 6) is 0.906. The summed E-state index contributed by atoms with van der Waals surface area (Å²) in [6, 6.07) is 10.4. The van der Waals surface area contributed by atoms with Crippen LogP contribution in [0.25, 0.3) is 0 Å². The summed E-state index contributed by atoms with van der Waals surface area (Å²) in [6.45, 7) is 3.95. The van der Waals surface area contributed by atoms with E-state index in [1.165, 1.54) is 19.3 Å². The highest BCUT2D eigenvalue weighted by Crippen LogP contribution is 2.21. The third kappa shape index (κ3) is 3.82. The van der Waals surface area contributed by atoms with Crippen molar-refractivity contribution in [3.05, 3.63) is 48.2 Å². The van der Waals surface area contributed by atoms with Crippen molar-refractivity contribution in [2.24, 2.45) is 0 Å². The fourth-order valence-corrected chi connectivity index (χ4v) is 3.73. The van der Waals surface area contributed by atoms with Gasteiger partial charge in [0.15, 0.2) is 0 Å². The van der Waals surface area contributed by atoms with Crippen molar-refractivity contribution in [3.63, 3.8) is 0 Å². The van der Waals surface area contributed by atoms with Crippen LogP contribution >= 0.6 is 0 Å². The average Bonchev–Trinajstić information content (AvgIpc) is 2.56. The van der Waals surface area contributed by atoms with Crippen molar-refractivity contribution >= 4 is 21.5 Å². The molecule has 2 aromatic rings. The first kappa shape index (κ1) is 15.8. The number of nitrogens with zero attached hydrogens (tertiary/aromatic N) is 2. The molecule has 1 saturated heterocycles. The smallest absolute Gasteiger partial charge is 0.261 e. The fourth-order valence-electron chi connectivity index (χ4n) is 2.69. The molecule has 23 heavy (non-hydrogen) atoms. The zero-order chi connectivity index (χ0) is 16.3. The van der Waals surface area contributed by atoms with Crippen LogP contribution in [-0.2, 0) is 10.0 Å². The van der Waals surface area contributed by atoms with Crippen molar-refractivity contribution in [3.8, 4) is 0 Å². The number of piperidine rings is 1. The maximum Gasteiger partial charge on any atom is 0.261 e. The second kappa shape index (κ2) is 6.58. The van der Waals surface area contributed by atoms with Crippen molar-refractivity contribution in [2.45, 2.75) is 31.1 Å². The van der Waals surface area contributed by atoms with E-state index in [4.69, 9.17) is 0 Å². The summed E-state index contributed by atoms with van der Waals surface area (Å²) < 4.78 is 27.3. The molecule has 6 heteroatoms. The van der Waals surface area contributed by atoms with Gasteiger partial charge in [-0.3, -0.25) is 4.72 Å². The van der Waals surface area contributed by atoms with Crippen LogP contribution in [-0.4, -0.2) is 26.5 Å². The molecule has 1 fully saturated rings. The van der Waals surface area contributed by atoms with E-state index >= 15 is 0 Å². The van der Waals surface area contributed by atoms with E-state index in [0.29, 0.717) is 5.69 Å². The van der Waals surface area contributed by atoms with Gasteiger partial charge in [-0.15, -0.1) is 0 Å². The standard InChI is InChI=1S/C17H21N3O2S/c1-14-5-8-16(9-6-14)23(21,22)19-15-7-10-17(18-13-15)20-11-3-2-4-12-20/h5-10,13,19H,2-4,11-12H2,1H3. The Balaban J connectivity index is 1.73. The number of aromatic nitrogens is 1. The second-order valence-corrected chi connectivity index (χ2v) is 7.55. The molecule has 0 saturated carbocycles. The SMILES string of the molecule is Cc1ccc(S(=O)(=O)Nc2ccc(N3CCCCC3)nc2)cc1. The lowest BCUT2D eigenvalue weighted by Gasteiger charge is -2.27. The quantitative estimate of drug-likeness (QED) is 0.934. The van der Waals surface area contributed by atoms with E-state index in [2.05, 4.69) is 14.6 Å². The van der Waals surface area contributed by atoms with Gasteiger partial charge in [-0.25, -0.2) is 13.4 Å². The molecule has 0 bridgehead atoms. The van der Waals surface area contributed by atoms with Crippen molar-refractivity contribution < 1.29 is 8.42 Å². The molecule has 3 rings (SSSR count). The van der Waals surface area contributed by atoms with Gasteiger partial charge in [-0.05, 0) is 50.5 Å². The van der Waals surface area contributed by atoms with Gasteiger partial charge in [0.25, 0.3) is 10.0 Å². The zero-order valence-corrected chi connectivity index (χ0v) is 14.0. The van der Waals surface area contributed by atoms with Crippen LogP contribution in [0.1, 0.15) is 24.8 Å². The lowest BCUT2D eigenvalue weighted by atomic mass is 10.1. The lowest BCUT2D eigenvalue weighted by Crippen LogP contribution is -2.30. The number of hydrogen-bond acceptors (Lipinski definition) is 4. The predicted octanol–water partition coefficient (Wildman–Crippen LogP) is 3.18. The molecule has 1 aliphatic heterocycles. The van der Waals surface area contributed by atoms with Crippen LogP contribution in [0.2, 0.25) is 0 Å². The summed E-state index contributed by atoms with van der Waals surface area (Å²) in [5, 5.41) is 0. The molecule has 5 nitrogen and oxygen atoms in total. The third-order valence-electron chi connectivity index (χ3n) is 4.01. The van der Waals surface area contributed by atoms with Crippen molar-refractivity contribution in [2.75, 3.05) is 22.7 Å². The molecule has 1 aliphatic rings. The number of pyridine rings is 1. The topological polar surface area (TPSA) is 62.3 Å². The number of hydrogen-bond donors (Lipinski definition) is 1. The number of nitrogens with one attached hydrogen (secondary N) is 1. The van der Waals surface area contributed by atoms with Crippen LogP contribution < -0.4 is 9.62 Å². The van der Waals surface area contributed by atoms with Gasteiger partial charge in [0.1, 0.15) is 5.82 Å². The first-order valence-electron chi connectivity index (χ1n) is 7.85. The molecule has 2 heterocycles. The molecular weight excluding hydrogens is 310 g/mol. The van der Waals surface area contributed by atoms with Gasteiger partial charge >= 0.3 is 0 Å². The fraction of sp³-hybridized carbons (Fsp3) is 0.353. The van der Waals surface area contributed by atoms with E-state index in [0.717, 1.165) is 24.5 Å². The summed E-state index contributed by atoms with van der Waals surface area (Å²) in [7, 11) is -3.57. The Morgan fingerprint density at radius 2 is 1.70 bits per heavy atom. The normalized spacial score (nSPS) is 15.4. The largest absolute Gasteiger partial charge is 0.357 e. The maximum absolute atomic E-state index is 12.4. The van der Waals surface area contributed by atoms with Gasteiger partial charge in [-0.2, -0.15) is 0 Å². The zero-order valence-electron chi connectivity index (χ0n) is 13.2. The Labute approximate surface area is 137 Å². The summed E-state index contributed by atoms with van der Waals surface area (Å²) in [5.41, 5.74) is 1.50. The van der Waals surface area contributed by atoms with Crippen LogP contribution in [0, 0.1) is 6.92 Å². The average molecular weight is 331 g/mol. The lowest BCUT2D eigenvalue weighted by molar-refractivity contribution is 0.573. The minimum atomic E-state index is -3.57. The molecule has 0 spiro atoms. The summed E-state index contributed by atoms with van der Waals surface area (Å²) in [4.78, 5) is 6.88. The van der Waals surface area contributed by atoms with Crippen molar-refractivity contribution in [1.29, 1.82) is 0 Å². The molecule has 1 aromatic carbocycles. The highest BCUT2D eigenvalue weighted by atomic mass is 32.2. The van der Waals surface area contributed by atoms with Crippen molar-refractivity contribution in [1.82, 2.24) is 4.98 Å². The molecule has 0 amide bonds. The highest BCUT2D eigenvalue weighted by molar-refractivity contribution is 7.92. The number of sulfonamides is 1. The number of aryl methyl sites for hydroxylation is 1. The molecule has 0 atom stereocenters. The van der Waals surface area contributed by atoms with Crippen LogP contribution in [0.5, 0.6) is 0 Å². The number of benzene rings is 1. The van der Waals surface area contributed by atoms with Crippen LogP contribution in [0.4, 0.5) is 11.5 Å². The Kier molecular flexibility index (Phi) is 4.52. The Morgan fingerprint density at radius 1 is 1.00 bits per heavy atom. The summed E-state index contributed by atoms with van der Waals surface area (Å²) >= 11 is 0. The molecule has 122 valence electrons. The molecular formula is C17H21N3O2S. The number of anilines is 2. The Bertz CT molecular complexity index is 749. The predicted molar refractivity (Wildman–Crippen MR) is 92.3 cm³/mol. The van der Waals surface area contributed by atoms with Gasteiger partial charge in [-0.1, -0.05) is 17.7 Å². The first-order valence-corrected chi connectivity index (χ1v) is 9.33. The second-order valence-electron chi connectivity index (χ2n) is 5.87. The Hall–Kier alpha value is -2.08. The molecule has 0 unspecified atom stereocenters. The molecule has 0 radical (unpaired) electrons. The highest BCUT2D eigenvalue weighted by Gasteiger charge is 2.15. The van der Waals surface area contributed by atoms with Gasteiger partial charge < -0.3 is 4.90 Å². The van der Waals surface area contributed by atoms with E-state index in [1.807, 2.05) is 13.0 Å². The minimum Gasteiger partial charge on any atom is -0.357 e. The third-order valence-corrected chi connectivity index (χ3v) is 5.41. The van der Waals surface area contributed by atoms with Gasteiger partial charge in [0.2, 0.25) is 0 Å². The maximum atomic E-state index is 12.4. The Morgan fingerprint density at radius 3 is 2.30 bits per heavy atom. The summed E-state index contributed by atoms with van der Waals surface area (Å²) in [6.07, 6.45) is 5.22. The van der Waals surface area contributed by atoms with Crippen LogP contribution in [0.15, 0.2) is 47.5 Å². The minimum absolute atomic E-state index is 0.253.